The van der Waals surface area contributed by atoms with Crippen molar-refractivity contribution in [3.05, 3.63) is 46.7 Å². The summed E-state index contributed by atoms with van der Waals surface area (Å²) in [4.78, 5) is 20.0. The molecule has 1 aromatic carbocycles. The molecule has 0 atom stereocenters. The van der Waals surface area contributed by atoms with E-state index in [1.807, 2.05) is 24.4 Å². The number of carbonyl (C=O) groups is 1. The molecule has 0 saturated carbocycles. The summed E-state index contributed by atoms with van der Waals surface area (Å²) in [6.45, 7) is 1.51. The van der Waals surface area contributed by atoms with Crippen LogP contribution in [0.5, 0.6) is 0 Å². The van der Waals surface area contributed by atoms with Crippen molar-refractivity contribution in [3.8, 4) is 11.3 Å². The van der Waals surface area contributed by atoms with Crippen LogP contribution in [0.1, 0.15) is 34.7 Å². The summed E-state index contributed by atoms with van der Waals surface area (Å²) in [5.74, 6) is 0.523. The number of fused-ring (bicyclic) bond motifs is 2. The first-order valence-corrected chi connectivity index (χ1v) is 10.2. The van der Waals surface area contributed by atoms with Gasteiger partial charge in [-0.15, -0.1) is 0 Å². The number of nitrogens with two attached hydrogens (primary N) is 1. The zero-order valence-electron chi connectivity index (χ0n) is 16.4. The fraction of sp³-hybridized carbons (Fsp3) is 0.286. The molecule has 0 unspecified atom stereocenters. The molecule has 4 N–H and O–H groups in total. The Morgan fingerprint density at radius 2 is 2.13 bits per heavy atom. The molecule has 3 aromatic heterocycles. The monoisotopic (exact) mass is 424 g/mol. The van der Waals surface area contributed by atoms with Gasteiger partial charge < -0.3 is 20.8 Å². The van der Waals surface area contributed by atoms with Crippen molar-refractivity contribution < 1.29 is 9.53 Å². The van der Waals surface area contributed by atoms with Crippen molar-refractivity contribution in [1.29, 1.82) is 0 Å². The summed E-state index contributed by atoms with van der Waals surface area (Å²) in [7, 11) is 1.79. The number of amides is 1. The Kier molecular flexibility index (Phi) is 4.60. The van der Waals surface area contributed by atoms with Crippen LogP contribution < -0.4 is 11.1 Å². The highest BCUT2D eigenvalue weighted by atomic mass is 35.5. The van der Waals surface area contributed by atoms with Gasteiger partial charge in [0.05, 0.1) is 11.9 Å². The van der Waals surface area contributed by atoms with E-state index >= 15 is 0 Å². The third-order valence-corrected chi connectivity index (χ3v) is 5.93. The van der Waals surface area contributed by atoms with Gasteiger partial charge in [-0.1, -0.05) is 11.6 Å². The minimum absolute atomic E-state index is 0.272. The van der Waals surface area contributed by atoms with Gasteiger partial charge in [-0.25, -0.2) is 4.98 Å². The Morgan fingerprint density at radius 3 is 2.87 bits per heavy atom. The number of nitrogens with zero attached hydrogens (tertiary/aromatic N) is 3. The second-order valence-electron chi connectivity index (χ2n) is 7.44. The molecule has 5 rings (SSSR count). The molecule has 0 radical (unpaired) electrons. The maximum Gasteiger partial charge on any atom is 0.254 e. The molecule has 1 aliphatic rings. The number of H-pyrrole nitrogens is 1. The Bertz CT molecular complexity index is 1270. The molecule has 0 bridgehead atoms. The van der Waals surface area contributed by atoms with Gasteiger partial charge in [0.2, 0.25) is 0 Å². The second-order valence-corrected chi connectivity index (χ2v) is 7.88. The van der Waals surface area contributed by atoms with Gasteiger partial charge in [0.25, 0.3) is 5.91 Å². The Balaban J connectivity index is 1.72. The van der Waals surface area contributed by atoms with Crippen LogP contribution >= 0.6 is 11.6 Å². The Morgan fingerprint density at radius 1 is 1.33 bits per heavy atom. The molecular weight excluding hydrogens is 404 g/mol. The number of hydrogen-bond donors (Lipinski definition) is 3. The maximum absolute atomic E-state index is 11.8. The number of anilines is 1. The third-order valence-electron chi connectivity index (χ3n) is 5.72. The number of ether oxygens (including phenoxy) is 1. The van der Waals surface area contributed by atoms with E-state index in [2.05, 4.69) is 15.4 Å². The molecule has 1 fully saturated rings. The van der Waals surface area contributed by atoms with Crippen molar-refractivity contribution in [2.24, 2.45) is 5.73 Å². The van der Waals surface area contributed by atoms with Crippen molar-refractivity contribution in [1.82, 2.24) is 19.6 Å². The van der Waals surface area contributed by atoms with Gasteiger partial charge in [-0.2, -0.15) is 9.61 Å². The average Bonchev–Trinajstić information content (AvgIpc) is 3.37. The maximum atomic E-state index is 11.8. The van der Waals surface area contributed by atoms with Crippen molar-refractivity contribution >= 4 is 39.9 Å². The standard InChI is InChI=1S/C21H21ClN6O2/c1-24-18-8-17(27-21-16(20(23)29)10-26-28(18)21)15-9-25-19-13(6-12(22)7-14(15)19)11-2-4-30-5-3-11/h6-11,24-25H,2-5H2,1H3,(H2,23,29). The summed E-state index contributed by atoms with van der Waals surface area (Å²) in [5, 5.41) is 9.01. The van der Waals surface area contributed by atoms with Gasteiger partial charge >= 0.3 is 0 Å². The van der Waals surface area contributed by atoms with E-state index in [1.165, 1.54) is 11.8 Å². The molecule has 0 spiro atoms. The van der Waals surface area contributed by atoms with Crippen LogP contribution in [0, 0.1) is 0 Å². The van der Waals surface area contributed by atoms with Crippen LogP contribution in [0.4, 0.5) is 5.82 Å². The highest BCUT2D eigenvalue weighted by Crippen LogP contribution is 2.38. The lowest BCUT2D eigenvalue weighted by Gasteiger charge is -2.23. The number of hydrogen-bond acceptors (Lipinski definition) is 5. The zero-order chi connectivity index (χ0) is 20.8. The van der Waals surface area contributed by atoms with Crippen LogP contribution in [0.2, 0.25) is 5.02 Å². The highest BCUT2D eigenvalue weighted by Gasteiger charge is 2.22. The number of primary amides is 1. The predicted molar refractivity (Wildman–Crippen MR) is 116 cm³/mol. The Labute approximate surface area is 177 Å². The minimum Gasteiger partial charge on any atom is -0.381 e. The molecule has 0 aliphatic carbocycles. The molecule has 30 heavy (non-hydrogen) atoms. The van der Waals surface area contributed by atoms with Crippen molar-refractivity contribution in [2.75, 3.05) is 25.6 Å². The fourth-order valence-corrected chi connectivity index (χ4v) is 4.45. The van der Waals surface area contributed by atoms with Crippen LogP contribution in [0.25, 0.3) is 27.8 Å². The smallest absolute Gasteiger partial charge is 0.254 e. The van der Waals surface area contributed by atoms with Crippen LogP contribution in [-0.2, 0) is 4.74 Å². The minimum atomic E-state index is -0.569. The zero-order valence-corrected chi connectivity index (χ0v) is 17.2. The van der Waals surface area contributed by atoms with Crippen molar-refractivity contribution in [3.63, 3.8) is 0 Å². The van der Waals surface area contributed by atoms with Crippen LogP contribution in [-0.4, -0.2) is 45.8 Å². The van der Waals surface area contributed by atoms with Gasteiger partial charge in [-0.05, 0) is 36.5 Å². The lowest BCUT2D eigenvalue weighted by atomic mass is 9.90. The average molecular weight is 425 g/mol. The molecule has 9 heteroatoms. The quantitative estimate of drug-likeness (QED) is 0.464. The van der Waals surface area contributed by atoms with Crippen molar-refractivity contribution in [2.45, 2.75) is 18.8 Å². The fourth-order valence-electron chi connectivity index (χ4n) is 4.22. The number of aromatic amines is 1. The number of aromatic nitrogens is 4. The molecule has 1 saturated heterocycles. The summed E-state index contributed by atoms with van der Waals surface area (Å²) >= 11 is 6.51. The van der Waals surface area contributed by atoms with E-state index in [1.54, 1.807) is 11.6 Å². The van der Waals surface area contributed by atoms with E-state index in [-0.39, 0.29) is 5.56 Å². The SMILES string of the molecule is CNc1cc(-c2c[nH]c3c(C4CCOCC4)cc(Cl)cc23)nc2c(C(N)=O)cnn12. The van der Waals surface area contributed by atoms with Crippen LogP contribution in [0.15, 0.2) is 30.6 Å². The number of benzene rings is 1. The summed E-state index contributed by atoms with van der Waals surface area (Å²) < 4.78 is 7.09. The lowest BCUT2D eigenvalue weighted by molar-refractivity contribution is 0.0856. The third kappa shape index (κ3) is 3.00. The van der Waals surface area contributed by atoms with Gasteiger partial charge in [0.15, 0.2) is 5.65 Å². The number of halogens is 1. The first kappa shape index (κ1) is 18.9. The van der Waals surface area contributed by atoms with E-state index < -0.39 is 5.91 Å². The Hall–Kier alpha value is -3.10. The lowest BCUT2D eigenvalue weighted by Crippen LogP contribution is -2.14. The molecule has 4 heterocycles. The molecular formula is C21H21ClN6O2. The summed E-state index contributed by atoms with van der Waals surface area (Å²) in [6, 6.07) is 5.88. The largest absolute Gasteiger partial charge is 0.381 e. The van der Waals surface area contributed by atoms with Crippen LogP contribution in [0.3, 0.4) is 0 Å². The molecule has 8 nitrogen and oxygen atoms in total. The number of rotatable bonds is 4. The molecule has 1 aliphatic heterocycles. The first-order valence-electron chi connectivity index (χ1n) is 9.82. The predicted octanol–water partition coefficient (Wildman–Crippen LogP) is 3.57. The topological polar surface area (TPSA) is 110 Å². The molecule has 1 amide bonds. The number of nitrogens with one attached hydrogen (secondary N) is 2. The van der Waals surface area contributed by atoms with E-state index in [9.17, 15) is 4.79 Å². The highest BCUT2D eigenvalue weighted by molar-refractivity contribution is 6.31. The molecule has 154 valence electrons. The second kappa shape index (κ2) is 7.30. The van der Waals surface area contributed by atoms with E-state index in [4.69, 9.17) is 27.1 Å². The number of carbonyl (C=O) groups excluding carboxylic acids is 1. The van der Waals surface area contributed by atoms with E-state index in [0.717, 1.165) is 42.5 Å². The first-order chi connectivity index (χ1) is 14.6. The molecule has 4 aromatic rings. The summed E-state index contributed by atoms with van der Waals surface area (Å²) in [5.41, 5.74) is 10.0. The summed E-state index contributed by atoms with van der Waals surface area (Å²) in [6.07, 6.45) is 5.30. The van der Waals surface area contributed by atoms with Gasteiger partial charge in [-0.3, -0.25) is 4.79 Å². The van der Waals surface area contributed by atoms with E-state index in [0.29, 0.717) is 28.1 Å². The normalized spacial score (nSPS) is 15.1. The van der Waals surface area contributed by atoms with Gasteiger partial charge in [0, 0.05) is 54.0 Å². The van der Waals surface area contributed by atoms with Gasteiger partial charge in [0.1, 0.15) is 11.4 Å².